The van der Waals surface area contributed by atoms with Gasteiger partial charge in [-0.3, -0.25) is 14.5 Å². The maximum absolute atomic E-state index is 13.8. The van der Waals surface area contributed by atoms with Crippen LogP contribution in [0, 0.1) is 17.8 Å². The Hall–Kier alpha value is -3.68. The number of hydrogen-bond donors (Lipinski definition) is 2. The van der Waals surface area contributed by atoms with Crippen molar-refractivity contribution in [2.75, 3.05) is 16.8 Å². The van der Waals surface area contributed by atoms with Gasteiger partial charge in [-0.2, -0.15) is 0 Å². The Labute approximate surface area is 248 Å². The number of hydrogen-bond acceptors (Lipinski definition) is 5. The number of halogens is 1. The SMILES string of the molecule is CC1=C2[C@@H](CC/C(C)=C/c3cc(Br)ccc3O)OC[C@@H]2[C@@H]2C(=O)N(c3ccc(Nc4ccccc4)cc3)C(=O)[C@@H]2C1. The first-order valence-electron chi connectivity index (χ1n) is 14.1. The molecule has 0 spiro atoms. The standard InChI is InChI=1S/C34H33BrN2O4/c1-20(16-22-18-23(35)9-14-29(22)38)8-15-30-31-21(2)17-27-32(28(31)19-41-30)34(40)37(33(27)39)26-12-10-25(11-13-26)36-24-6-4-3-5-7-24/h3-7,9-14,16,18,27-28,30,32,36,38H,8,15,17,19H2,1-2H3/b20-16+/t27-,28+,30-,32-/m1/s1. The van der Waals surface area contributed by atoms with Gasteiger partial charge in [-0.05, 0) is 93.3 Å². The molecule has 0 saturated carbocycles. The number of phenols is 1. The van der Waals surface area contributed by atoms with Crippen LogP contribution >= 0.6 is 15.9 Å². The molecule has 2 fully saturated rings. The number of carbonyl (C=O) groups is 2. The summed E-state index contributed by atoms with van der Waals surface area (Å²) in [6, 6.07) is 22.7. The zero-order valence-corrected chi connectivity index (χ0v) is 24.7. The van der Waals surface area contributed by atoms with Crippen molar-refractivity contribution in [2.24, 2.45) is 17.8 Å². The van der Waals surface area contributed by atoms with Gasteiger partial charge in [-0.15, -0.1) is 0 Å². The summed E-state index contributed by atoms with van der Waals surface area (Å²) >= 11 is 3.47. The molecule has 41 heavy (non-hydrogen) atoms. The number of phenolic OH excluding ortho intramolecular Hbond substituents is 1. The van der Waals surface area contributed by atoms with E-state index in [1.54, 1.807) is 6.07 Å². The van der Waals surface area contributed by atoms with E-state index in [1.165, 1.54) is 16.0 Å². The molecule has 210 valence electrons. The smallest absolute Gasteiger partial charge is 0.238 e. The molecule has 2 N–H and O–H groups in total. The molecule has 0 aromatic heterocycles. The normalized spacial score (nSPS) is 24.1. The van der Waals surface area contributed by atoms with Crippen LogP contribution in [0.5, 0.6) is 5.75 Å². The monoisotopic (exact) mass is 612 g/mol. The van der Waals surface area contributed by atoms with E-state index in [2.05, 4.69) is 35.1 Å². The molecule has 3 aliphatic rings. The highest BCUT2D eigenvalue weighted by Gasteiger charge is 2.56. The van der Waals surface area contributed by atoms with E-state index in [0.29, 0.717) is 18.7 Å². The van der Waals surface area contributed by atoms with E-state index < -0.39 is 0 Å². The average molecular weight is 614 g/mol. The summed E-state index contributed by atoms with van der Waals surface area (Å²) in [5.41, 5.74) is 6.77. The molecule has 6 nitrogen and oxygen atoms in total. The van der Waals surface area contributed by atoms with Crippen LogP contribution in [0.25, 0.3) is 6.08 Å². The quantitative estimate of drug-likeness (QED) is 0.212. The summed E-state index contributed by atoms with van der Waals surface area (Å²) in [6.07, 6.45) is 4.12. The molecular weight excluding hydrogens is 580 g/mol. The lowest BCUT2D eigenvalue weighted by Gasteiger charge is -2.30. The number of imide groups is 1. The van der Waals surface area contributed by atoms with E-state index in [9.17, 15) is 14.7 Å². The van der Waals surface area contributed by atoms with Gasteiger partial charge < -0.3 is 15.2 Å². The molecule has 0 unspecified atom stereocenters. The fourth-order valence-electron chi connectivity index (χ4n) is 6.60. The Morgan fingerprint density at radius 2 is 1.76 bits per heavy atom. The third kappa shape index (κ3) is 5.36. The van der Waals surface area contributed by atoms with Crippen molar-refractivity contribution in [2.45, 2.75) is 39.2 Å². The third-order valence-electron chi connectivity index (χ3n) is 8.53. The first kappa shape index (κ1) is 27.5. The molecule has 0 radical (unpaired) electrons. The molecule has 4 atom stereocenters. The van der Waals surface area contributed by atoms with E-state index in [0.717, 1.165) is 39.8 Å². The molecule has 2 heterocycles. The second-order valence-electron chi connectivity index (χ2n) is 11.3. The number of nitrogens with one attached hydrogen (secondary N) is 1. The first-order chi connectivity index (χ1) is 19.8. The number of para-hydroxylation sites is 1. The van der Waals surface area contributed by atoms with Crippen LogP contribution in [0.15, 0.2) is 94.0 Å². The van der Waals surface area contributed by atoms with Crippen LogP contribution in [0.3, 0.4) is 0 Å². The van der Waals surface area contributed by atoms with Crippen molar-refractivity contribution in [3.63, 3.8) is 0 Å². The predicted molar refractivity (Wildman–Crippen MR) is 165 cm³/mol. The van der Waals surface area contributed by atoms with Crippen LogP contribution in [-0.2, 0) is 14.3 Å². The molecule has 2 amide bonds. The fraction of sp³-hybridized carbons (Fsp3) is 0.294. The molecule has 0 bridgehead atoms. The van der Waals surface area contributed by atoms with Gasteiger partial charge in [0.25, 0.3) is 0 Å². The van der Waals surface area contributed by atoms with Crippen molar-refractivity contribution in [3.05, 3.63) is 99.6 Å². The van der Waals surface area contributed by atoms with Gasteiger partial charge in [0.1, 0.15) is 5.75 Å². The van der Waals surface area contributed by atoms with Crippen molar-refractivity contribution >= 4 is 50.9 Å². The number of aromatic hydroxyl groups is 1. The Kier molecular flexibility index (Phi) is 7.58. The van der Waals surface area contributed by atoms with Gasteiger partial charge >= 0.3 is 0 Å². The molecule has 3 aromatic rings. The van der Waals surface area contributed by atoms with Gasteiger partial charge in [0.15, 0.2) is 0 Å². The van der Waals surface area contributed by atoms with Crippen LogP contribution < -0.4 is 10.2 Å². The van der Waals surface area contributed by atoms with Gasteiger partial charge in [-0.25, -0.2) is 0 Å². The minimum absolute atomic E-state index is 0.0688. The van der Waals surface area contributed by atoms with Crippen LogP contribution in [0.1, 0.15) is 38.7 Å². The number of carbonyl (C=O) groups excluding carboxylic acids is 2. The van der Waals surface area contributed by atoms with Gasteiger partial charge in [0.05, 0.1) is 30.2 Å². The molecule has 2 saturated heterocycles. The maximum atomic E-state index is 13.8. The van der Waals surface area contributed by atoms with Gasteiger partial charge in [0, 0.05) is 27.3 Å². The second kappa shape index (κ2) is 11.3. The zero-order chi connectivity index (χ0) is 28.7. The predicted octanol–water partition coefficient (Wildman–Crippen LogP) is 7.62. The van der Waals surface area contributed by atoms with E-state index in [1.807, 2.05) is 72.8 Å². The zero-order valence-electron chi connectivity index (χ0n) is 23.1. The summed E-state index contributed by atoms with van der Waals surface area (Å²) in [7, 11) is 0. The topological polar surface area (TPSA) is 78.9 Å². The summed E-state index contributed by atoms with van der Waals surface area (Å²) in [4.78, 5) is 28.8. The number of benzene rings is 3. The Bertz CT molecular complexity index is 1550. The van der Waals surface area contributed by atoms with Crippen LogP contribution in [-0.4, -0.2) is 29.6 Å². The number of rotatable bonds is 7. The Morgan fingerprint density at radius 3 is 2.51 bits per heavy atom. The molecule has 3 aromatic carbocycles. The van der Waals surface area contributed by atoms with Crippen molar-refractivity contribution in [1.82, 2.24) is 0 Å². The Balaban J connectivity index is 1.15. The number of anilines is 3. The average Bonchev–Trinajstić information content (AvgIpc) is 3.49. The Morgan fingerprint density at radius 1 is 1.02 bits per heavy atom. The number of allylic oxidation sites excluding steroid dienone is 2. The molecule has 7 heteroatoms. The van der Waals surface area contributed by atoms with Gasteiger partial charge in [0.2, 0.25) is 11.8 Å². The molecule has 1 aliphatic carbocycles. The number of fused-ring (bicyclic) bond motifs is 3. The van der Waals surface area contributed by atoms with E-state index >= 15 is 0 Å². The van der Waals surface area contributed by atoms with Crippen LogP contribution in [0.2, 0.25) is 0 Å². The molecule has 6 rings (SSSR count). The maximum Gasteiger partial charge on any atom is 0.238 e. The lowest BCUT2D eigenvalue weighted by molar-refractivity contribution is -0.122. The number of amides is 2. The summed E-state index contributed by atoms with van der Waals surface area (Å²) in [6.45, 7) is 4.61. The summed E-state index contributed by atoms with van der Waals surface area (Å²) in [5.74, 6) is -0.789. The first-order valence-corrected chi connectivity index (χ1v) is 14.9. The van der Waals surface area contributed by atoms with Gasteiger partial charge in [-0.1, -0.05) is 51.4 Å². The number of ether oxygens (including phenoxy) is 1. The number of nitrogens with zero attached hydrogens (tertiary/aromatic N) is 1. The van der Waals surface area contributed by atoms with Crippen molar-refractivity contribution in [3.8, 4) is 5.75 Å². The summed E-state index contributed by atoms with van der Waals surface area (Å²) < 4.78 is 7.20. The lowest BCUT2D eigenvalue weighted by Crippen LogP contribution is -2.34. The summed E-state index contributed by atoms with van der Waals surface area (Å²) in [5, 5.41) is 13.5. The minimum Gasteiger partial charge on any atom is -0.507 e. The molecule has 2 aliphatic heterocycles. The highest BCUT2D eigenvalue weighted by Crippen LogP contribution is 2.50. The van der Waals surface area contributed by atoms with Crippen molar-refractivity contribution < 1.29 is 19.4 Å². The second-order valence-corrected chi connectivity index (χ2v) is 12.2. The largest absolute Gasteiger partial charge is 0.507 e. The highest BCUT2D eigenvalue weighted by molar-refractivity contribution is 9.10. The van der Waals surface area contributed by atoms with Crippen LogP contribution in [0.4, 0.5) is 17.1 Å². The van der Waals surface area contributed by atoms with E-state index in [4.69, 9.17) is 4.74 Å². The lowest BCUT2D eigenvalue weighted by atomic mass is 9.70. The minimum atomic E-state index is -0.386. The van der Waals surface area contributed by atoms with E-state index in [-0.39, 0.29) is 41.4 Å². The molecular formula is C34H33BrN2O4. The fourth-order valence-corrected chi connectivity index (χ4v) is 6.98. The highest BCUT2D eigenvalue weighted by atomic mass is 79.9. The third-order valence-corrected chi connectivity index (χ3v) is 9.03. The van der Waals surface area contributed by atoms with Crippen molar-refractivity contribution in [1.29, 1.82) is 0 Å².